The quantitative estimate of drug-likeness (QED) is 0.189. The normalized spacial score (nSPS) is 12.3. The number of carbonyl (C=O) groups is 2. The molecule has 8 heteroatoms. The molecule has 0 saturated heterocycles. The van der Waals surface area contributed by atoms with Gasteiger partial charge in [-0.3, -0.25) is 4.79 Å². The van der Waals surface area contributed by atoms with E-state index in [0.717, 1.165) is 52.1 Å². The van der Waals surface area contributed by atoms with Gasteiger partial charge in [0.2, 0.25) is 0 Å². The van der Waals surface area contributed by atoms with E-state index in [4.69, 9.17) is 16.3 Å². The first-order valence-corrected chi connectivity index (χ1v) is 15.2. The molecule has 3 rings (SSSR count). The first-order chi connectivity index (χ1) is 18.8. The van der Waals surface area contributed by atoms with Crippen LogP contribution in [0.15, 0.2) is 66.7 Å². The number of hydrogen-bond acceptors (Lipinski definition) is 4. The van der Waals surface area contributed by atoms with Crippen LogP contribution in [-0.4, -0.2) is 60.5 Å². The molecule has 0 radical (unpaired) electrons. The Bertz CT molecular complexity index is 1260. The van der Waals surface area contributed by atoms with Crippen molar-refractivity contribution in [2.45, 2.75) is 58.1 Å². The Labute approximate surface area is 259 Å². The number of nitrogens with one attached hydrogen (secondary N) is 1. The Morgan fingerprint density at radius 2 is 1.75 bits per heavy atom. The van der Waals surface area contributed by atoms with Crippen LogP contribution in [0, 0.1) is 6.92 Å². The summed E-state index contributed by atoms with van der Waals surface area (Å²) in [6, 6.07) is 20.5. The number of carboxylic acid groups (broad SMARTS) is 1. The number of ether oxygens (including phenoxy) is 1. The Morgan fingerprint density at radius 3 is 2.42 bits per heavy atom. The van der Waals surface area contributed by atoms with Crippen LogP contribution in [0.3, 0.4) is 0 Å². The van der Waals surface area contributed by atoms with Crippen molar-refractivity contribution in [3.05, 3.63) is 94.0 Å². The third-order valence-corrected chi connectivity index (χ3v) is 7.81. The monoisotopic (exact) mass is 575 g/mol. The first-order valence-electron chi connectivity index (χ1n) is 13.4. The maximum absolute atomic E-state index is 13.3. The van der Waals surface area contributed by atoms with E-state index in [9.17, 15) is 14.7 Å². The van der Waals surface area contributed by atoms with Gasteiger partial charge in [0, 0.05) is 16.5 Å². The molecule has 0 aliphatic carbocycles. The molecule has 2 atom stereocenters. The Morgan fingerprint density at radius 1 is 1.02 bits per heavy atom. The molecule has 210 valence electrons. The summed E-state index contributed by atoms with van der Waals surface area (Å²) >= 11 is 8.05. The van der Waals surface area contributed by atoms with Crippen LogP contribution in [0.1, 0.15) is 65.6 Å². The third kappa shape index (κ3) is 9.71. The average molecular weight is 576 g/mol. The van der Waals surface area contributed by atoms with Gasteiger partial charge in [-0.15, -0.1) is 0 Å². The van der Waals surface area contributed by atoms with Gasteiger partial charge in [0.1, 0.15) is 6.04 Å². The summed E-state index contributed by atoms with van der Waals surface area (Å²) in [4.78, 5) is 25.1. The van der Waals surface area contributed by atoms with Gasteiger partial charge in [-0.1, -0.05) is 79.9 Å². The van der Waals surface area contributed by atoms with Crippen molar-refractivity contribution in [1.82, 2.24) is 5.32 Å². The van der Waals surface area contributed by atoms with Crippen LogP contribution in [-0.2, 0) is 16.1 Å². The standard InChI is InChI=1S/C32H38ClNO4S.Li.H/c1-4-5-11-24(26-13-8-9-14-29(26)33)21-38-20-23-15-16-27(28(19-23)25-12-7-6-10-22(25)2)31(35)34-30(32(36)37)17-18-39-3;;/h6-10,12-16,19,24,30H,4-5,11,17-18,20-21H2,1-3H3,(H,34,35)(H,36,37);;/t24?,30-;;/m0../s1. The maximum atomic E-state index is 13.3. The van der Waals surface area contributed by atoms with Crippen molar-refractivity contribution < 1.29 is 19.4 Å². The third-order valence-electron chi connectivity index (χ3n) is 6.82. The van der Waals surface area contributed by atoms with Crippen molar-refractivity contribution in [2.24, 2.45) is 0 Å². The number of rotatable bonds is 15. The van der Waals surface area contributed by atoms with Crippen LogP contribution >= 0.6 is 23.4 Å². The first kappa shape index (κ1) is 34.0. The number of amides is 1. The number of carboxylic acids is 1. The number of unbranched alkanes of at least 4 members (excludes halogenated alkanes) is 1. The number of carbonyl (C=O) groups excluding carboxylic acids is 1. The van der Waals surface area contributed by atoms with Gasteiger partial charge in [0.25, 0.3) is 5.91 Å². The fourth-order valence-corrected chi connectivity index (χ4v) is 5.37. The SMILES string of the molecule is CCCCC(COCc1ccc(C(=O)N[C@@H](CCSC)C(=O)O)c(-c2ccccc2C)c1)c1ccccc1Cl.[LiH]. The summed E-state index contributed by atoms with van der Waals surface area (Å²) in [5.41, 5.74) is 5.21. The molecule has 5 nitrogen and oxygen atoms in total. The van der Waals surface area contributed by atoms with Crippen LogP contribution in [0.4, 0.5) is 0 Å². The minimum atomic E-state index is -1.03. The van der Waals surface area contributed by atoms with E-state index in [1.807, 2.05) is 67.8 Å². The summed E-state index contributed by atoms with van der Waals surface area (Å²) in [6.07, 6.45) is 5.46. The molecule has 0 bridgehead atoms. The summed E-state index contributed by atoms with van der Waals surface area (Å²) in [6.45, 7) is 5.11. The fourth-order valence-electron chi connectivity index (χ4n) is 4.61. The summed E-state index contributed by atoms with van der Waals surface area (Å²) in [7, 11) is 0. The van der Waals surface area contributed by atoms with Crippen LogP contribution in [0.2, 0.25) is 5.02 Å². The molecule has 0 aliphatic heterocycles. The summed E-state index contributed by atoms with van der Waals surface area (Å²) in [5.74, 6) is -0.580. The Hall–Kier alpha value is -2.20. The Balaban J connectivity index is 0.00000560. The van der Waals surface area contributed by atoms with Gasteiger partial charge < -0.3 is 15.2 Å². The van der Waals surface area contributed by atoms with Crippen molar-refractivity contribution >= 4 is 54.1 Å². The Kier molecular flexibility index (Phi) is 14.9. The van der Waals surface area contributed by atoms with E-state index in [2.05, 4.69) is 18.3 Å². The zero-order valence-corrected chi connectivity index (χ0v) is 24.5. The van der Waals surface area contributed by atoms with Gasteiger partial charge in [0.15, 0.2) is 0 Å². The molecule has 0 heterocycles. The van der Waals surface area contributed by atoms with E-state index in [-0.39, 0.29) is 24.8 Å². The van der Waals surface area contributed by atoms with Crippen LogP contribution in [0.5, 0.6) is 0 Å². The van der Waals surface area contributed by atoms with Crippen molar-refractivity contribution in [3.63, 3.8) is 0 Å². The molecular formula is C32H39ClLiNO4S. The zero-order valence-electron chi connectivity index (χ0n) is 22.9. The number of hydrogen-bond donors (Lipinski definition) is 2. The van der Waals surface area contributed by atoms with Crippen LogP contribution in [0.25, 0.3) is 11.1 Å². The van der Waals surface area contributed by atoms with Gasteiger partial charge >= 0.3 is 24.8 Å². The summed E-state index contributed by atoms with van der Waals surface area (Å²) < 4.78 is 6.21. The van der Waals surface area contributed by atoms with Crippen molar-refractivity contribution in [3.8, 4) is 11.1 Å². The molecule has 40 heavy (non-hydrogen) atoms. The number of benzene rings is 3. The topological polar surface area (TPSA) is 75.6 Å². The van der Waals surface area contributed by atoms with E-state index in [1.165, 1.54) is 0 Å². The predicted octanol–water partition coefficient (Wildman–Crippen LogP) is 7.09. The fraction of sp³-hybridized carbons (Fsp3) is 0.375. The number of thioether (sulfide) groups is 1. The van der Waals surface area contributed by atoms with E-state index in [0.29, 0.717) is 31.0 Å². The van der Waals surface area contributed by atoms with Gasteiger partial charge in [-0.25, -0.2) is 4.79 Å². The van der Waals surface area contributed by atoms with Crippen LogP contribution < -0.4 is 5.32 Å². The second-order valence-electron chi connectivity index (χ2n) is 9.72. The molecule has 1 amide bonds. The molecule has 0 aromatic heterocycles. The van der Waals surface area contributed by atoms with Gasteiger partial charge in [-0.2, -0.15) is 11.8 Å². The molecule has 0 saturated carbocycles. The predicted molar refractivity (Wildman–Crippen MR) is 169 cm³/mol. The van der Waals surface area contributed by atoms with Crippen molar-refractivity contribution in [2.75, 3.05) is 18.6 Å². The number of aryl methyl sites for hydroxylation is 1. The zero-order chi connectivity index (χ0) is 28.2. The molecule has 1 unspecified atom stereocenters. The molecular weight excluding hydrogens is 537 g/mol. The van der Waals surface area contributed by atoms with E-state index in [1.54, 1.807) is 17.8 Å². The van der Waals surface area contributed by atoms with E-state index >= 15 is 0 Å². The second-order valence-corrected chi connectivity index (χ2v) is 11.1. The molecule has 0 fully saturated rings. The number of halogens is 1. The molecule has 3 aromatic rings. The van der Waals surface area contributed by atoms with Gasteiger partial charge in [-0.05, 0) is 77.8 Å². The van der Waals surface area contributed by atoms with E-state index < -0.39 is 17.9 Å². The molecule has 0 spiro atoms. The average Bonchev–Trinajstić information content (AvgIpc) is 2.93. The molecule has 3 aromatic carbocycles. The molecule has 2 N–H and O–H groups in total. The minimum absolute atomic E-state index is 0. The molecule has 0 aliphatic rings. The summed E-state index contributed by atoms with van der Waals surface area (Å²) in [5, 5.41) is 13.1. The van der Waals surface area contributed by atoms with Crippen molar-refractivity contribution in [1.29, 1.82) is 0 Å². The van der Waals surface area contributed by atoms with Gasteiger partial charge in [0.05, 0.1) is 13.2 Å². The number of aliphatic carboxylic acids is 1. The second kappa shape index (κ2) is 17.6.